The summed E-state index contributed by atoms with van der Waals surface area (Å²) in [6, 6.07) is 0. The Kier molecular flexibility index (Phi) is 2.74. The van der Waals surface area contributed by atoms with Crippen LogP contribution in [0.3, 0.4) is 0 Å². The van der Waals surface area contributed by atoms with E-state index in [0.717, 1.165) is 0 Å². The average Bonchev–Trinajstić information content (AvgIpc) is 2.37. The van der Waals surface area contributed by atoms with Crippen molar-refractivity contribution >= 4 is 5.78 Å². The van der Waals surface area contributed by atoms with Gasteiger partial charge >= 0.3 is 0 Å². The molecule has 1 rings (SSSR count). The van der Waals surface area contributed by atoms with Crippen molar-refractivity contribution in [2.24, 2.45) is 7.05 Å². The molecule has 4 heteroatoms. The predicted octanol–water partition coefficient (Wildman–Crippen LogP) is 0.503. The van der Waals surface area contributed by atoms with Gasteiger partial charge < -0.3 is 0 Å². The molecule has 0 aliphatic carbocycles. The van der Waals surface area contributed by atoms with Crippen LogP contribution in [0.1, 0.15) is 12.7 Å². The summed E-state index contributed by atoms with van der Waals surface area (Å²) >= 11 is 0. The van der Waals surface area contributed by atoms with Crippen LogP contribution in [0.25, 0.3) is 0 Å². The molecule has 0 aliphatic heterocycles. The Morgan fingerprint density at radius 2 is 2.50 bits per heavy atom. The SMILES string of the molecule is C/C=C/C(=O)Cc1ncnn1C. The number of hydrogen-bond acceptors (Lipinski definition) is 3. The number of aromatic nitrogens is 3. The minimum Gasteiger partial charge on any atom is -0.294 e. The fraction of sp³-hybridized carbons (Fsp3) is 0.375. The molecule has 64 valence electrons. The Bertz CT molecular complexity index is 301. The molecule has 4 nitrogen and oxygen atoms in total. The molecule has 0 spiro atoms. The second kappa shape index (κ2) is 3.80. The van der Waals surface area contributed by atoms with Crippen LogP contribution >= 0.6 is 0 Å². The molecule has 0 amide bonds. The van der Waals surface area contributed by atoms with Gasteiger partial charge in [0, 0.05) is 7.05 Å². The van der Waals surface area contributed by atoms with Gasteiger partial charge in [-0.1, -0.05) is 6.08 Å². The summed E-state index contributed by atoms with van der Waals surface area (Å²) in [7, 11) is 1.77. The number of rotatable bonds is 3. The maximum atomic E-state index is 11.1. The molecule has 0 atom stereocenters. The number of hydrogen-bond donors (Lipinski definition) is 0. The third-order valence-corrected chi connectivity index (χ3v) is 1.49. The normalized spacial score (nSPS) is 10.8. The van der Waals surface area contributed by atoms with Crippen molar-refractivity contribution in [3.05, 3.63) is 24.3 Å². The van der Waals surface area contributed by atoms with E-state index in [1.807, 2.05) is 6.92 Å². The van der Waals surface area contributed by atoms with Crippen molar-refractivity contribution in [3.63, 3.8) is 0 Å². The smallest absolute Gasteiger partial charge is 0.162 e. The Morgan fingerprint density at radius 3 is 3.00 bits per heavy atom. The van der Waals surface area contributed by atoms with Crippen molar-refractivity contribution in [3.8, 4) is 0 Å². The van der Waals surface area contributed by atoms with Gasteiger partial charge in [-0.2, -0.15) is 5.10 Å². The molecular formula is C8H11N3O. The third kappa shape index (κ3) is 2.02. The topological polar surface area (TPSA) is 47.8 Å². The maximum absolute atomic E-state index is 11.1. The standard InChI is InChI=1S/C8H11N3O/c1-3-4-7(12)5-8-9-6-10-11(8)2/h3-4,6H,5H2,1-2H3/b4-3+. The lowest BCUT2D eigenvalue weighted by molar-refractivity contribution is -0.114. The zero-order chi connectivity index (χ0) is 8.97. The van der Waals surface area contributed by atoms with E-state index in [0.29, 0.717) is 12.2 Å². The first-order valence-electron chi connectivity index (χ1n) is 3.72. The first-order valence-corrected chi connectivity index (χ1v) is 3.72. The molecule has 0 bridgehead atoms. The summed E-state index contributed by atoms with van der Waals surface area (Å²) in [5.41, 5.74) is 0. The fourth-order valence-corrected chi connectivity index (χ4v) is 0.881. The lowest BCUT2D eigenvalue weighted by Crippen LogP contribution is -2.06. The quantitative estimate of drug-likeness (QED) is 0.613. The molecule has 0 unspecified atom stereocenters. The van der Waals surface area contributed by atoms with Crippen LogP contribution in [0, 0.1) is 0 Å². The highest BCUT2D eigenvalue weighted by molar-refractivity contribution is 5.90. The van der Waals surface area contributed by atoms with Crippen LogP contribution < -0.4 is 0 Å². The number of nitrogens with zero attached hydrogens (tertiary/aromatic N) is 3. The van der Waals surface area contributed by atoms with Crippen LogP contribution in [0.5, 0.6) is 0 Å². The minimum atomic E-state index is 0.0496. The van der Waals surface area contributed by atoms with E-state index in [1.54, 1.807) is 17.8 Å². The van der Waals surface area contributed by atoms with Crippen molar-refractivity contribution < 1.29 is 4.79 Å². The van der Waals surface area contributed by atoms with Gasteiger partial charge in [0.15, 0.2) is 5.78 Å². The van der Waals surface area contributed by atoms with Crippen molar-refractivity contribution in [2.75, 3.05) is 0 Å². The van der Waals surface area contributed by atoms with Crippen LogP contribution in [0.4, 0.5) is 0 Å². The summed E-state index contributed by atoms with van der Waals surface area (Å²) in [5.74, 6) is 0.742. The summed E-state index contributed by atoms with van der Waals surface area (Å²) in [6.45, 7) is 1.81. The van der Waals surface area contributed by atoms with Crippen LogP contribution in [0.15, 0.2) is 18.5 Å². The lowest BCUT2D eigenvalue weighted by atomic mass is 10.2. The molecule has 0 saturated carbocycles. The van der Waals surface area contributed by atoms with E-state index in [4.69, 9.17) is 0 Å². The molecular weight excluding hydrogens is 154 g/mol. The molecule has 0 aliphatic rings. The Balaban J connectivity index is 2.64. The van der Waals surface area contributed by atoms with Gasteiger partial charge in [-0.05, 0) is 13.0 Å². The van der Waals surface area contributed by atoms with E-state index in [-0.39, 0.29) is 5.78 Å². The highest BCUT2D eigenvalue weighted by Crippen LogP contribution is 1.94. The number of aryl methyl sites for hydroxylation is 1. The largest absolute Gasteiger partial charge is 0.294 e. The number of ketones is 1. The fourth-order valence-electron chi connectivity index (χ4n) is 0.881. The van der Waals surface area contributed by atoms with Gasteiger partial charge in [0.05, 0.1) is 6.42 Å². The molecule has 1 heterocycles. The summed E-state index contributed by atoms with van der Waals surface area (Å²) in [5, 5.41) is 3.86. The Morgan fingerprint density at radius 1 is 1.75 bits per heavy atom. The molecule has 1 aromatic rings. The van der Waals surface area contributed by atoms with Gasteiger partial charge in [-0.25, -0.2) is 4.98 Å². The Hall–Kier alpha value is -1.45. The third-order valence-electron chi connectivity index (χ3n) is 1.49. The highest BCUT2D eigenvalue weighted by Gasteiger charge is 2.03. The van der Waals surface area contributed by atoms with Crippen molar-refractivity contribution in [1.82, 2.24) is 14.8 Å². The monoisotopic (exact) mass is 165 g/mol. The van der Waals surface area contributed by atoms with Crippen molar-refractivity contribution in [2.45, 2.75) is 13.3 Å². The maximum Gasteiger partial charge on any atom is 0.162 e. The zero-order valence-corrected chi connectivity index (χ0v) is 7.19. The van der Waals surface area contributed by atoms with Gasteiger partial charge in [0.2, 0.25) is 0 Å². The first kappa shape index (κ1) is 8.64. The van der Waals surface area contributed by atoms with E-state index in [2.05, 4.69) is 10.1 Å². The molecule has 0 aromatic carbocycles. The molecule has 0 fully saturated rings. The van der Waals surface area contributed by atoms with Gasteiger partial charge in [-0.3, -0.25) is 9.48 Å². The molecule has 12 heavy (non-hydrogen) atoms. The second-order valence-corrected chi connectivity index (χ2v) is 2.44. The van der Waals surface area contributed by atoms with Crippen molar-refractivity contribution in [1.29, 1.82) is 0 Å². The number of carbonyl (C=O) groups is 1. The van der Waals surface area contributed by atoms with Crippen LogP contribution in [-0.2, 0) is 18.3 Å². The molecule has 0 saturated heterocycles. The first-order chi connectivity index (χ1) is 5.74. The summed E-state index contributed by atoms with van der Waals surface area (Å²) in [4.78, 5) is 15.0. The van der Waals surface area contributed by atoms with Crippen LogP contribution in [0.2, 0.25) is 0 Å². The van der Waals surface area contributed by atoms with Gasteiger partial charge in [-0.15, -0.1) is 0 Å². The van der Waals surface area contributed by atoms with Gasteiger partial charge in [0.25, 0.3) is 0 Å². The average molecular weight is 165 g/mol. The molecule has 1 aromatic heterocycles. The highest BCUT2D eigenvalue weighted by atomic mass is 16.1. The summed E-state index contributed by atoms with van der Waals surface area (Å²) in [6.07, 6.45) is 5.02. The molecule has 0 N–H and O–H groups in total. The van der Waals surface area contributed by atoms with E-state index >= 15 is 0 Å². The Labute approximate surface area is 70.9 Å². The second-order valence-electron chi connectivity index (χ2n) is 2.44. The predicted molar refractivity (Wildman–Crippen MR) is 44.5 cm³/mol. The van der Waals surface area contributed by atoms with E-state index in [9.17, 15) is 4.79 Å². The summed E-state index contributed by atoms with van der Waals surface area (Å²) < 4.78 is 1.60. The number of carbonyl (C=O) groups excluding carboxylic acids is 1. The van der Waals surface area contributed by atoms with Gasteiger partial charge in [0.1, 0.15) is 12.2 Å². The minimum absolute atomic E-state index is 0.0496. The van der Waals surface area contributed by atoms with Crippen LogP contribution in [-0.4, -0.2) is 20.5 Å². The lowest BCUT2D eigenvalue weighted by Gasteiger charge is -1.94. The zero-order valence-electron chi connectivity index (χ0n) is 7.19. The number of allylic oxidation sites excluding steroid dienone is 2. The van der Waals surface area contributed by atoms with E-state index < -0.39 is 0 Å². The molecule has 0 radical (unpaired) electrons. The van der Waals surface area contributed by atoms with E-state index in [1.165, 1.54) is 12.4 Å².